The van der Waals surface area contributed by atoms with Crippen LogP contribution in [-0.2, 0) is 0 Å². The molecule has 0 unspecified atom stereocenters. The van der Waals surface area contributed by atoms with E-state index in [9.17, 15) is 13.6 Å². The maximum atomic E-state index is 13.8. The average Bonchev–Trinajstić information content (AvgIpc) is 3.44. The number of carbonyl (C=O) groups is 1. The number of hydrogen-bond donors (Lipinski definition) is 2. The maximum absolute atomic E-state index is 13.8. The number of nitrogens with zero attached hydrogens (tertiary/aromatic N) is 3. The van der Waals surface area contributed by atoms with Gasteiger partial charge in [0.15, 0.2) is 5.76 Å². The molecule has 0 saturated carbocycles. The largest absolute Gasteiger partial charge is 0.462 e. The van der Waals surface area contributed by atoms with Gasteiger partial charge in [0, 0.05) is 11.8 Å². The average molecular weight is 453 g/mol. The molecule has 0 fully saturated rings. The Labute approximate surface area is 188 Å². The van der Waals surface area contributed by atoms with E-state index in [4.69, 9.17) is 9.15 Å². The maximum Gasteiger partial charge on any atom is 0.336 e. The minimum Gasteiger partial charge on any atom is -0.462 e. The van der Waals surface area contributed by atoms with E-state index in [2.05, 4.69) is 20.7 Å². The number of anilines is 2. The third-order valence-corrected chi connectivity index (χ3v) is 4.40. The first-order valence-corrected chi connectivity index (χ1v) is 10.2. The topological polar surface area (TPSA) is 94.2 Å². The molecule has 170 valence electrons. The van der Waals surface area contributed by atoms with Crippen molar-refractivity contribution in [3.8, 4) is 23.3 Å². The lowest BCUT2D eigenvalue weighted by molar-refractivity contribution is 0.251. The molecule has 0 radical (unpaired) electrons. The predicted molar refractivity (Wildman–Crippen MR) is 118 cm³/mol. The van der Waals surface area contributed by atoms with E-state index in [0.29, 0.717) is 41.6 Å². The van der Waals surface area contributed by atoms with E-state index in [1.54, 1.807) is 36.4 Å². The summed E-state index contributed by atoms with van der Waals surface area (Å²) in [5, 5.41) is 9.39. The fourth-order valence-electron chi connectivity index (χ4n) is 2.93. The van der Waals surface area contributed by atoms with Crippen LogP contribution in [0.3, 0.4) is 0 Å². The van der Waals surface area contributed by atoms with Crippen molar-refractivity contribution in [3.05, 3.63) is 72.5 Å². The molecule has 2 N–H and O–H groups in total. The van der Waals surface area contributed by atoms with Crippen molar-refractivity contribution in [2.45, 2.75) is 13.8 Å². The van der Waals surface area contributed by atoms with Gasteiger partial charge in [-0.25, -0.2) is 18.3 Å². The number of nitrogens with one attached hydrogen (secondary N) is 2. The Morgan fingerprint density at radius 1 is 1.12 bits per heavy atom. The monoisotopic (exact) mass is 453 g/mol. The number of aromatic nitrogens is 3. The van der Waals surface area contributed by atoms with Crippen LogP contribution in [0.4, 0.5) is 25.0 Å². The summed E-state index contributed by atoms with van der Waals surface area (Å²) < 4.78 is 39.6. The molecule has 8 nitrogen and oxygen atoms in total. The van der Waals surface area contributed by atoms with Crippen LogP contribution in [0.5, 0.6) is 6.01 Å². The summed E-state index contributed by atoms with van der Waals surface area (Å²) in [6.45, 7) is 4.48. The molecule has 0 atom stereocenters. The molecule has 4 aromatic rings. The number of carbonyl (C=O) groups excluding carboxylic acids is 1. The number of hydrogen-bond acceptors (Lipinski definition) is 5. The van der Waals surface area contributed by atoms with E-state index >= 15 is 0 Å². The molecule has 2 amide bonds. The molecule has 10 heteroatoms. The summed E-state index contributed by atoms with van der Waals surface area (Å²) in [5.41, 5.74) is 0.852. The molecule has 0 spiro atoms. The lowest BCUT2D eigenvalue weighted by Gasteiger charge is -2.10. The zero-order valence-electron chi connectivity index (χ0n) is 17.9. The third kappa shape index (κ3) is 5.35. The molecule has 2 aromatic heterocycles. The summed E-state index contributed by atoms with van der Waals surface area (Å²) in [6, 6.07) is 12.7. The highest BCUT2D eigenvalue weighted by molar-refractivity contribution is 5.99. The van der Waals surface area contributed by atoms with Crippen molar-refractivity contribution >= 4 is 17.4 Å². The Balaban J connectivity index is 1.57. The SMILES string of the molecule is CC(C)COc1nc(-c2ccco2)n(-c2cccc(NC(=O)Nc3ccc(F)cc3F)c2)n1. The van der Waals surface area contributed by atoms with Gasteiger partial charge in [0.25, 0.3) is 0 Å². The number of halogens is 2. The molecule has 33 heavy (non-hydrogen) atoms. The van der Waals surface area contributed by atoms with Crippen LogP contribution >= 0.6 is 0 Å². The van der Waals surface area contributed by atoms with Crippen LogP contribution < -0.4 is 15.4 Å². The van der Waals surface area contributed by atoms with Gasteiger partial charge >= 0.3 is 12.0 Å². The summed E-state index contributed by atoms with van der Waals surface area (Å²) in [6.07, 6.45) is 1.53. The van der Waals surface area contributed by atoms with E-state index in [0.717, 1.165) is 12.1 Å². The second-order valence-electron chi connectivity index (χ2n) is 7.57. The zero-order valence-corrected chi connectivity index (χ0v) is 17.9. The first-order chi connectivity index (χ1) is 15.9. The zero-order chi connectivity index (χ0) is 23.4. The molecule has 0 bridgehead atoms. The third-order valence-electron chi connectivity index (χ3n) is 4.40. The second kappa shape index (κ2) is 9.51. The fraction of sp³-hybridized carbons (Fsp3) is 0.174. The number of benzene rings is 2. The molecule has 2 heterocycles. The molecule has 4 rings (SSSR count). The van der Waals surface area contributed by atoms with Gasteiger partial charge in [-0.15, -0.1) is 5.10 Å². The van der Waals surface area contributed by atoms with E-state index in [-0.39, 0.29) is 11.7 Å². The van der Waals surface area contributed by atoms with Crippen molar-refractivity contribution < 1.29 is 22.7 Å². The Morgan fingerprint density at radius 3 is 2.70 bits per heavy atom. The molecule has 0 aliphatic rings. The van der Waals surface area contributed by atoms with Crippen LogP contribution in [0, 0.1) is 17.6 Å². The Kier molecular flexibility index (Phi) is 6.34. The Hall–Kier alpha value is -4.21. The van der Waals surface area contributed by atoms with Gasteiger partial charge in [-0.3, -0.25) is 0 Å². The van der Waals surface area contributed by atoms with Gasteiger partial charge in [-0.05, 0) is 48.4 Å². The van der Waals surface area contributed by atoms with Crippen LogP contribution in [0.15, 0.2) is 65.3 Å². The summed E-state index contributed by atoms with van der Waals surface area (Å²) in [4.78, 5) is 16.7. The van der Waals surface area contributed by atoms with Gasteiger partial charge in [0.1, 0.15) is 11.6 Å². The Bertz CT molecular complexity index is 1250. The quantitative estimate of drug-likeness (QED) is 0.386. The number of rotatable bonds is 7. The van der Waals surface area contributed by atoms with Gasteiger partial charge in [-0.1, -0.05) is 19.9 Å². The number of amides is 2. The molecule has 0 aliphatic heterocycles. The highest BCUT2D eigenvalue weighted by Gasteiger charge is 2.18. The Morgan fingerprint density at radius 2 is 1.97 bits per heavy atom. The molecule has 0 aliphatic carbocycles. The minimum atomic E-state index is -0.876. The van der Waals surface area contributed by atoms with Gasteiger partial charge in [0.2, 0.25) is 5.82 Å². The van der Waals surface area contributed by atoms with Gasteiger partial charge < -0.3 is 19.8 Å². The van der Waals surface area contributed by atoms with Crippen molar-refractivity contribution in [1.29, 1.82) is 0 Å². The standard InChI is InChI=1S/C23H21F2N5O3/c1-14(2)13-33-23-28-21(20-7-4-10-32-20)30(29-23)17-6-3-5-16(12-17)26-22(31)27-19-9-8-15(24)11-18(19)25/h3-12,14H,13H2,1-2H3,(H2,26,27,31). The number of ether oxygens (including phenoxy) is 1. The van der Waals surface area contributed by atoms with E-state index < -0.39 is 17.7 Å². The van der Waals surface area contributed by atoms with Crippen molar-refractivity contribution in [2.24, 2.45) is 5.92 Å². The molecular formula is C23H21F2N5O3. The highest BCUT2D eigenvalue weighted by Crippen LogP contribution is 2.25. The summed E-state index contributed by atoms with van der Waals surface area (Å²) >= 11 is 0. The smallest absolute Gasteiger partial charge is 0.336 e. The normalized spacial score (nSPS) is 10.9. The van der Waals surface area contributed by atoms with Gasteiger partial charge in [0.05, 0.1) is 24.2 Å². The lowest BCUT2D eigenvalue weighted by Crippen LogP contribution is -2.20. The van der Waals surface area contributed by atoms with Crippen molar-refractivity contribution in [3.63, 3.8) is 0 Å². The van der Waals surface area contributed by atoms with E-state index in [1.165, 1.54) is 10.9 Å². The number of furan rings is 1. The van der Waals surface area contributed by atoms with Crippen molar-refractivity contribution in [2.75, 3.05) is 17.2 Å². The van der Waals surface area contributed by atoms with Crippen LogP contribution in [-0.4, -0.2) is 27.4 Å². The first kappa shape index (κ1) is 22.0. The minimum absolute atomic E-state index is 0.145. The molecule has 2 aromatic carbocycles. The van der Waals surface area contributed by atoms with Crippen LogP contribution in [0.25, 0.3) is 17.3 Å². The highest BCUT2D eigenvalue weighted by atomic mass is 19.1. The summed E-state index contributed by atoms with van der Waals surface area (Å²) in [7, 11) is 0. The van der Waals surface area contributed by atoms with Crippen LogP contribution in [0.2, 0.25) is 0 Å². The van der Waals surface area contributed by atoms with Gasteiger partial charge in [-0.2, -0.15) is 4.98 Å². The summed E-state index contributed by atoms with van der Waals surface area (Å²) in [5.74, 6) is -0.402. The van der Waals surface area contributed by atoms with Crippen molar-refractivity contribution in [1.82, 2.24) is 14.8 Å². The fourth-order valence-corrected chi connectivity index (χ4v) is 2.93. The first-order valence-electron chi connectivity index (χ1n) is 10.2. The molecule has 0 saturated heterocycles. The predicted octanol–water partition coefficient (Wildman–Crippen LogP) is 5.48. The second-order valence-corrected chi connectivity index (χ2v) is 7.57. The molecular weight excluding hydrogens is 432 g/mol. The lowest BCUT2D eigenvalue weighted by atomic mass is 10.2. The number of urea groups is 1. The van der Waals surface area contributed by atoms with Crippen LogP contribution in [0.1, 0.15) is 13.8 Å². The van der Waals surface area contributed by atoms with E-state index in [1.807, 2.05) is 13.8 Å².